The SMILES string of the molecule is COCCNc1cc(Cl)c(O)c(Cl)c1. The Kier molecular flexibility index (Phi) is 4.32. The molecule has 78 valence electrons. The fourth-order valence-electron chi connectivity index (χ4n) is 0.965. The molecule has 0 unspecified atom stereocenters. The van der Waals surface area contributed by atoms with Crippen molar-refractivity contribution in [1.82, 2.24) is 0 Å². The van der Waals surface area contributed by atoms with Gasteiger partial charge in [0.05, 0.1) is 16.7 Å². The highest BCUT2D eigenvalue weighted by molar-refractivity contribution is 6.37. The van der Waals surface area contributed by atoms with E-state index in [9.17, 15) is 5.11 Å². The van der Waals surface area contributed by atoms with E-state index in [-0.39, 0.29) is 15.8 Å². The van der Waals surface area contributed by atoms with Gasteiger partial charge in [-0.15, -0.1) is 0 Å². The molecule has 0 bridgehead atoms. The number of hydrogen-bond acceptors (Lipinski definition) is 3. The van der Waals surface area contributed by atoms with Crippen LogP contribution >= 0.6 is 23.2 Å². The Morgan fingerprint density at radius 1 is 1.36 bits per heavy atom. The van der Waals surface area contributed by atoms with Crippen LogP contribution in [0.4, 0.5) is 5.69 Å². The first-order valence-corrected chi connectivity index (χ1v) is 4.81. The lowest BCUT2D eigenvalue weighted by molar-refractivity contribution is 0.211. The molecule has 0 amide bonds. The summed E-state index contributed by atoms with van der Waals surface area (Å²) in [5, 5.41) is 12.8. The number of methoxy groups -OCH3 is 1. The van der Waals surface area contributed by atoms with Crippen LogP contribution in [0.15, 0.2) is 12.1 Å². The van der Waals surface area contributed by atoms with Crippen molar-refractivity contribution < 1.29 is 9.84 Å². The Morgan fingerprint density at radius 3 is 2.43 bits per heavy atom. The van der Waals surface area contributed by atoms with Gasteiger partial charge in [-0.25, -0.2) is 0 Å². The summed E-state index contributed by atoms with van der Waals surface area (Å²) in [7, 11) is 1.62. The molecule has 0 spiro atoms. The molecule has 1 rings (SSSR count). The highest BCUT2D eigenvalue weighted by Crippen LogP contribution is 2.34. The first-order valence-electron chi connectivity index (χ1n) is 4.06. The molecule has 0 aliphatic carbocycles. The molecule has 0 atom stereocenters. The van der Waals surface area contributed by atoms with Crippen LogP contribution in [0.5, 0.6) is 5.75 Å². The Morgan fingerprint density at radius 2 is 1.93 bits per heavy atom. The molecule has 5 heteroatoms. The van der Waals surface area contributed by atoms with E-state index < -0.39 is 0 Å². The van der Waals surface area contributed by atoms with E-state index in [1.54, 1.807) is 19.2 Å². The van der Waals surface area contributed by atoms with Crippen LogP contribution in [0.2, 0.25) is 10.0 Å². The number of anilines is 1. The minimum atomic E-state index is -0.0920. The van der Waals surface area contributed by atoms with Gasteiger partial charge in [0, 0.05) is 19.3 Å². The summed E-state index contributed by atoms with van der Waals surface area (Å²) in [4.78, 5) is 0. The number of aromatic hydroxyl groups is 1. The van der Waals surface area contributed by atoms with Crippen molar-refractivity contribution in [3.05, 3.63) is 22.2 Å². The molecule has 0 saturated heterocycles. The van der Waals surface area contributed by atoms with E-state index in [4.69, 9.17) is 27.9 Å². The molecule has 0 aromatic heterocycles. The van der Waals surface area contributed by atoms with Crippen molar-refractivity contribution in [2.75, 3.05) is 25.6 Å². The monoisotopic (exact) mass is 235 g/mol. The summed E-state index contributed by atoms with van der Waals surface area (Å²) in [6, 6.07) is 3.22. The third-order valence-electron chi connectivity index (χ3n) is 1.65. The Bertz CT molecular complexity index is 295. The topological polar surface area (TPSA) is 41.5 Å². The summed E-state index contributed by atoms with van der Waals surface area (Å²) in [6.07, 6.45) is 0. The summed E-state index contributed by atoms with van der Waals surface area (Å²) >= 11 is 11.5. The van der Waals surface area contributed by atoms with Crippen molar-refractivity contribution >= 4 is 28.9 Å². The summed E-state index contributed by atoms with van der Waals surface area (Å²) < 4.78 is 4.87. The molecule has 0 saturated carbocycles. The van der Waals surface area contributed by atoms with Crippen molar-refractivity contribution in [3.8, 4) is 5.75 Å². The third-order valence-corrected chi connectivity index (χ3v) is 2.23. The van der Waals surface area contributed by atoms with Crippen LogP contribution in [0, 0.1) is 0 Å². The molecule has 1 aromatic rings. The molecule has 0 aliphatic heterocycles. The fourth-order valence-corrected chi connectivity index (χ4v) is 1.45. The Hall–Kier alpha value is -0.640. The first kappa shape index (κ1) is 11.4. The lowest BCUT2D eigenvalue weighted by Gasteiger charge is -2.07. The van der Waals surface area contributed by atoms with Crippen molar-refractivity contribution in [3.63, 3.8) is 0 Å². The molecule has 0 fully saturated rings. The predicted molar refractivity (Wildman–Crippen MR) is 58.5 cm³/mol. The number of phenolic OH excluding ortho intramolecular Hbond substituents is 1. The van der Waals surface area contributed by atoms with Gasteiger partial charge >= 0.3 is 0 Å². The van der Waals surface area contributed by atoms with Gasteiger partial charge in [-0.05, 0) is 12.1 Å². The second-order valence-electron chi connectivity index (χ2n) is 2.71. The third kappa shape index (κ3) is 2.94. The van der Waals surface area contributed by atoms with Gasteiger partial charge < -0.3 is 15.2 Å². The zero-order valence-electron chi connectivity index (χ0n) is 7.68. The maximum Gasteiger partial charge on any atom is 0.152 e. The van der Waals surface area contributed by atoms with E-state index >= 15 is 0 Å². The Labute approximate surface area is 92.6 Å². The van der Waals surface area contributed by atoms with E-state index in [1.165, 1.54) is 0 Å². The van der Waals surface area contributed by atoms with Crippen LogP contribution in [0.1, 0.15) is 0 Å². The highest BCUT2D eigenvalue weighted by Gasteiger charge is 2.05. The van der Waals surface area contributed by atoms with Gasteiger partial charge in [-0.2, -0.15) is 0 Å². The number of benzene rings is 1. The Balaban J connectivity index is 2.69. The van der Waals surface area contributed by atoms with Gasteiger partial charge in [0.25, 0.3) is 0 Å². The van der Waals surface area contributed by atoms with Gasteiger partial charge in [-0.3, -0.25) is 0 Å². The van der Waals surface area contributed by atoms with E-state index in [2.05, 4.69) is 5.32 Å². The molecular formula is C9H11Cl2NO2. The zero-order chi connectivity index (χ0) is 10.6. The quantitative estimate of drug-likeness (QED) is 0.623. The molecule has 0 aliphatic rings. The number of hydrogen-bond donors (Lipinski definition) is 2. The molecule has 2 N–H and O–H groups in total. The van der Waals surface area contributed by atoms with Crippen molar-refractivity contribution in [1.29, 1.82) is 0 Å². The van der Waals surface area contributed by atoms with E-state index in [0.29, 0.717) is 13.2 Å². The minimum Gasteiger partial charge on any atom is -0.505 e. The number of halogens is 2. The number of rotatable bonds is 4. The molecule has 3 nitrogen and oxygen atoms in total. The molecule has 0 radical (unpaired) electrons. The number of phenols is 1. The normalized spacial score (nSPS) is 10.2. The largest absolute Gasteiger partial charge is 0.505 e. The number of nitrogens with one attached hydrogen (secondary N) is 1. The van der Waals surface area contributed by atoms with Crippen molar-refractivity contribution in [2.24, 2.45) is 0 Å². The first-order chi connectivity index (χ1) is 6.65. The molecule has 1 aromatic carbocycles. The maximum absolute atomic E-state index is 9.29. The zero-order valence-corrected chi connectivity index (χ0v) is 9.19. The van der Waals surface area contributed by atoms with Crippen LogP contribution in [0.3, 0.4) is 0 Å². The van der Waals surface area contributed by atoms with E-state index in [1.807, 2.05) is 0 Å². The molecular weight excluding hydrogens is 225 g/mol. The average Bonchev–Trinajstić information content (AvgIpc) is 2.14. The summed E-state index contributed by atoms with van der Waals surface area (Å²) in [5.41, 5.74) is 0.759. The fraction of sp³-hybridized carbons (Fsp3) is 0.333. The van der Waals surface area contributed by atoms with Crippen LogP contribution in [0.25, 0.3) is 0 Å². The van der Waals surface area contributed by atoms with Gasteiger partial charge in [0.1, 0.15) is 0 Å². The lowest BCUT2D eigenvalue weighted by Crippen LogP contribution is -2.07. The molecule has 14 heavy (non-hydrogen) atoms. The predicted octanol–water partition coefficient (Wildman–Crippen LogP) is 2.76. The average molecular weight is 236 g/mol. The van der Waals surface area contributed by atoms with Crippen LogP contribution in [-0.4, -0.2) is 25.4 Å². The summed E-state index contributed by atoms with van der Waals surface area (Å²) in [6.45, 7) is 1.25. The van der Waals surface area contributed by atoms with Gasteiger partial charge in [0.15, 0.2) is 5.75 Å². The van der Waals surface area contributed by atoms with Gasteiger partial charge in [0.2, 0.25) is 0 Å². The second kappa shape index (κ2) is 5.29. The maximum atomic E-state index is 9.29. The summed E-state index contributed by atoms with van der Waals surface area (Å²) in [5.74, 6) is -0.0920. The minimum absolute atomic E-state index is 0.0920. The van der Waals surface area contributed by atoms with E-state index in [0.717, 1.165) is 5.69 Å². The van der Waals surface area contributed by atoms with Gasteiger partial charge in [-0.1, -0.05) is 23.2 Å². The standard InChI is InChI=1S/C9H11Cl2NO2/c1-14-3-2-12-6-4-7(10)9(13)8(11)5-6/h4-5,12-13H,2-3H2,1H3. The number of ether oxygens (including phenoxy) is 1. The smallest absolute Gasteiger partial charge is 0.152 e. The van der Waals surface area contributed by atoms with Crippen LogP contribution < -0.4 is 5.32 Å². The van der Waals surface area contributed by atoms with Crippen LogP contribution in [-0.2, 0) is 4.74 Å². The second-order valence-corrected chi connectivity index (χ2v) is 3.52. The molecule has 0 heterocycles. The lowest BCUT2D eigenvalue weighted by atomic mass is 10.3. The highest BCUT2D eigenvalue weighted by atomic mass is 35.5. The van der Waals surface area contributed by atoms with Crippen molar-refractivity contribution in [2.45, 2.75) is 0 Å².